The van der Waals surface area contributed by atoms with Crippen LogP contribution in [-0.2, 0) is 13.7 Å². The summed E-state index contributed by atoms with van der Waals surface area (Å²) >= 11 is 9.72. The Labute approximate surface area is 170 Å². The zero-order chi connectivity index (χ0) is 10.9. The quantitative estimate of drug-likeness (QED) is 0.286. The minimum atomic E-state index is -5.69. The first kappa shape index (κ1) is 28.1. The van der Waals surface area contributed by atoms with Gasteiger partial charge in [0.15, 0.2) is 7.60 Å². The van der Waals surface area contributed by atoms with Crippen molar-refractivity contribution < 1.29 is 117 Å². The van der Waals surface area contributed by atoms with Crippen molar-refractivity contribution in [1.82, 2.24) is 0 Å². The smallest absolute Gasteiger partial charge is 0.808 e. The van der Waals surface area contributed by atoms with Crippen LogP contribution in [0.15, 0.2) is 0 Å². The van der Waals surface area contributed by atoms with Crippen LogP contribution >= 0.6 is 38.4 Å². The number of rotatable bonds is 4. The first-order valence-corrected chi connectivity index (χ1v) is 6.76. The van der Waals surface area contributed by atoms with Crippen molar-refractivity contribution in [2.75, 3.05) is 6.61 Å². The molecule has 0 aromatic carbocycles. The van der Waals surface area contributed by atoms with Crippen LogP contribution in [0, 0.1) is 0 Å². The fourth-order valence-electron chi connectivity index (χ4n) is 0.398. The van der Waals surface area contributed by atoms with Gasteiger partial charge < -0.3 is 28.3 Å². The van der Waals surface area contributed by atoms with Crippen LogP contribution in [0.1, 0.15) is 6.92 Å². The van der Waals surface area contributed by atoms with Crippen LogP contribution in [0.25, 0.3) is 0 Å². The second kappa shape index (κ2) is 10.6. The topological polar surface area (TPSA) is 113 Å². The summed E-state index contributed by atoms with van der Waals surface area (Å²) in [6.45, 7) is 0.914. The van der Waals surface area contributed by atoms with Crippen LogP contribution < -0.4 is 103 Å². The first-order valence-electron chi connectivity index (χ1n) is 2.92. The molecule has 6 nitrogen and oxygen atoms in total. The summed E-state index contributed by atoms with van der Waals surface area (Å²) in [5.41, 5.74) is 0. The maximum Gasteiger partial charge on any atom is 1.00 e. The standard InChI is InChI=1S/C3H8Cl2O6P2.3Na/c1-2-11-13(9,10)3(4,5)12(6,7)8;;;/h2H2,1H3,(H,9,10)(H2,6,7,8);;;/q;3*+1/p-3. The molecule has 0 spiro atoms. The zero-order valence-corrected chi connectivity index (χ0v) is 18.6. The van der Waals surface area contributed by atoms with Gasteiger partial charge in [0.05, 0.1) is 6.61 Å². The van der Waals surface area contributed by atoms with E-state index in [2.05, 4.69) is 4.52 Å². The minimum absolute atomic E-state index is 0. The van der Waals surface area contributed by atoms with Crippen LogP contribution in [0.3, 0.4) is 0 Å². The Bertz CT molecular complexity index is 282. The number of hydrogen-bond donors (Lipinski definition) is 0. The van der Waals surface area contributed by atoms with Crippen LogP contribution in [0.2, 0.25) is 0 Å². The molecule has 0 fully saturated rings. The minimum Gasteiger partial charge on any atom is -0.808 e. The molecule has 0 aliphatic carbocycles. The van der Waals surface area contributed by atoms with E-state index >= 15 is 0 Å². The van der Waals surface area contributed by atoms with Crippen molar-refractivity contribution in [2.24, 2.45) is 0 Å². The van der Waals surface area contributed by atoms with Gasteiger partial charge in [-0.3, -0.25) is 0 Å². The average Bonchev–Trinajstić information content (AvgIpc) is 1.84. The van der Waals surface area contributed by atoms with Gasteiger partial charge in [0.2, 0.25) is 3.82 Å². The molecule has 1 unspecified atom stereocenters. The molecule has 1 atom stereocenters. The van der Waals surface area contributed by atoms with E-state index in [0.29, 0.717) is 0 Å². The fourth-order valence-corrected chi connectivity index (χ4v) is 2.56. The number of alkyl halides is 2. The Morgan fingerprint density at radius 3 is 1.62 bits per heavy atom. The molecule has 13 heteroatoms. The molecule has 0 radical (unpaired) electrons. The molecule has 0 rings (SSSR count). The average molecular weight is 339 g/mol. The third-order valence-electron chi connectivity index (χ3n) is 0.958. The molecule has 0 heterocycles. The van der Waals surface area contributed by atoms with Gasteiger partial charge in [-0.15, -0.1) is 0 Å². The van der Waals surface area contributed by atoms with E-state index < -0.39 is 19.0 Å². The van der Waals surface area contributed by atoms with E-state index in [1.54, 1.807) is 0 Å². The molecule has 0 aromatic heterocycles. The van der Waals surface area contributed by atoms with E-state index in [9.17, 15) is 23.8 Å². The van der Waals surface area contributed by atoms with Gasteiger partial charge in [-0.2, -0.15) is 0 Å². The Balaban J connectivity index is -0.000000240. The molecule has 0 saturated carbocycles. The fraction of sp³-hybridized carbons (Fsp3) is 1.00. The second-order valence-corrected chi connectivity index (χ2v) is 8.25. The molecule has 0 aromatic rings. The first-order chi connectivity index (χ1) is 5.56. The van der Waals surface area contributed by atoms with Crippen molar-refractivity contribution in [2.45, 2.75) is 10.7 Å². The van der Waals surface area contributed by atoms with Crippen LogP contribution in [0.4, 0.5) is 0 Å². The number of halogens is 2. The van der Waals surface area contributed by atoms with E-state index in [1.165, 1.54) is 6.92 Å². The van der Waals surface area contributed by atoms with Crippen LogP contribution in [-0.4, -0.2) is 10.4 Å². The Kier molecular flexibility index (Phi) is 18.6. The molecule has 0 bridgehead atoms. The summed E-state index contributed by atoms with van der Waals surface area (Å²) in [5.74, 6) is 0. The zero-order valence-electron chi connectivity index (χ0n) is 9.31. The van der Waals surface area contributed by atoms with E-state index in [4.69, 9.17) is 23.2 Å². The summed E-state index contributed by atoms with van der Waals surface area (Å²) < 4.78 is 21.7. The maximum absolute atomic E-state index is 10.9. The summed E-state index contributed by atoms with van der Waals surface area (Å²) in [4.78, 5) is 31.5. The molecule has 16 heavy (non-hydrogen) atoms. The summed E-state index contributed by atoms with van der Waals surface area (Å²) in [7, 11) is -10.8. The van der Waals surface area contributed by atoms with Gasteiger partial charge in [-0.25, -0.2) is 0 Å². The Morgan fingerprint density at radius 2 is 1.44 bits per heavy atom. The van der Waals surface area contributed by atoms with Crippen molar-refractivity contribution >= 4 is 38.4 Å². The summed E-state index contributed by atoms with van der Waals surface area (Å²) in [6.07, 6.45) is 0. The van der Waals surface area contributed by atoms with Crippen molar-refractivity contribution in [3.05, 3.63) is 0 Å². The third kappa shape index (κ3) is 7.61. The van der Waals surface area contributed by atoms with Crippen molar-refractivity contribution in [1.29, 1.82) is 0 Å². The van der Waals surface area contributed by atoms with Crippen molar-refractivity contribution in [3.63, 3.8) is 0 Å². The predicted octanol–water partition coefficient (Wildman–Crippen LogP) is -9.41. The largest absolute Gasteiger partial charge is 1.00 e. The van der Waals surface area contributed by atoms with Gasteiger partial charge in [-0.05, 0) is 14.5 Å². The summed E-state index contributed by atoms with van der Waals surface area (Å²) in [6, 6.07) is 0. The molecular weight excluding hydrogens is 334 g/mol. The Morgan fingerprint density at radius 1 is 1.12 bits per heavy atom. The second-order valence-electron chi connectivity index (χ2n) is 1.92. The maximum atomic E-state index is 10.9. The van der Waals surface area contributed by atoms with E-state index in [-0.39, 0.29) is 95.3 Å². The van der Waals surface area contributed by atoms with E-state index in [1.807, 2.05) is 0 Å². The van der Waals surface area contributed by atoms with E-state index in [0.717, 1.165) is 0 Å². The van der Waals surface area contributed by atoms with Gasteiger partial charge in [0, 0.05) is 0 Å². The molecule has 0 N–H and O–H groups in total. The normalized spacial score (nSPS) is 14.9. The molecule has 0 amide bonds. The van der Waals surface area contributed by atoms with Crippen molar-refractivity contribution in [3.8, 4) is 0 Å². The van der Waals surface area contributed by atoms with Gasteiger partial charge in [0.25, 0.3) is 0 Å². The molecule has 0 aliphatic rings. The van der Waals surface area contributed by atoms with Gasteiger partial charge in [-0.1, -0.05) is 23.2 Å². The van der Waals surface area contributed by atoms with Gasteiger partial charge in [0.1, 0.15) is 0 Å². The van der Waals surface area contributed by atoms with Crippen LogP contribution in [0.5, 0.6) is 0 Å². The molecule has 0 aliphatic heterocycles. The summed E-state index contributed by atoms with van der Waals surface area (Å²) in [5, 5.41) is 0. The van der Waals surface area contributed by atoms with Gasteiger partial charge >= 0.3 is 88.7 Å². The third-order valence-corrected chi connectivity index (χ3v) is 6.83. The predicted molar refractivity (Wildman–Crippen MR) is 41.3 cm³/mol. The molecular formula is C3H5Cl2Na3O6P2. The SMILES string of the molecule is CCOP(=O)([O-])C(Cl)(Cl)P(=O)([O-])[O-].[Na+].[Na+].[Na+]. The molecule has 80 valence electrons. The molecule has 0 saturated heterocycles. The Hall–Kier alpha value is 3.88. The number of hydrogen-bond acceptors (Lipinski definition) is 6. The monoisotopic (exact) mass is 338 g/mol.